The van der Waals surface area contributed by atoms with Crippen molar-refractivity contribution in [3.8, 4) is 34.7 Å². The zero-order valence-corrected chi connectivity index (χ0v) is 16.8. The molecule has 1 atom stereocenters. The summed E-state index contributed by atoms with van der Waals surface area (Å²) < 4.78 is 16.7. The van der Waals surface area contributed by atoms with Gasteiger partial charge in [-0.3, -0.25) is 5.10 Å². The van der Waals surface area contributed by atoms with E-state index in [2.05, 4.69) is 23.2 Å². The van der Waals surface area contributed by atoms with E-state index in [0.717, 1.165) is 34.6 Å². The monoisotopic (exact) mass is 402 g/mol. The van der Waals surface area contributed by atoms with Crippen molar-refractivity contribution in [2.75, 3.05) is 13.7 Å². The lowest BCUT2D eigenvalue weighted by molar-refractivity contribution is 0.317. The summed E-state index contributed by atoms with van der Waals surface area (Å²) in [6.45, 7) is 2.73. The normalized spacial score (nSPS) is 15.2. The number of fused-ring (bicyclic) bond motifs is 1. The number of methoxy groups -OCH3 is 1. The van der Waals surface area contributed by atoms with Crippen molar-refractivity contribution in [2.24, 2.45) is 5.73 Å². The van der Waals surface area contributed by atoms with Crippen LogP contribution in [0.25, 0.3) is 11.3 Å². The van der Waals surface area contributed by atoms with Gasteiger partial charge in [-0.25, -0.2) is 0 Å². The second-order valence-electron chi connectivity index (χ2n) is 6.89. The topological polar surface area (TPSA) is 106 Å². The first-order valence-corrected chi connectivity index (χ1v) is 9.69. The first-order valence-electron chi connectivity index (χ1n) is 9.69. The second kappa shape index (κ2) is 8.21. The molecule has 0 saturated heterocycles. The van der Waals surface area contributed by atoms with Crippen molar-refractivity contribution < 1.29 is 14.2 Å². The van der Waals surface area contributed by atoms with Crippen molar-refractivity contribution in [3.63, 3.8) is 0 Å². The fourth-order valence-electron chi connectivity index (χ4n) is 3.56. The molecule has 1 aliphatic heterocycles. The fraction of sp³-hybridized carbons (Fsp3) is 0.217. The molecule has 2 heterocycles. The van der Waals surface area contributed by atoms with E-state index in [-0.39, 0.29) is 5.88 Å². The van der Waals surface area contributed by atoms with Gasteiger partial charge in [-0.15, -0.1) is 5.10 Å². The first-order chi connectivity index (χ1) is 14.7. The molecule has 1 aromatic heterocycles. The number of ether oxygens (including phenoxy) is 3. The lowest BCUT2D eigenvalue weighted by Gasteiger charge is -2.24. The van der Waals surface area contributed by atoms with Gasteiger partial charge in [-0.1, -0.05) is 19.1 Å². The molecule has 0 aliphatic carbocycles. The predicted molar refractivity (Wildman–Crippen MR) is 112 cm³/mol. The van der Waals surface area contributed by atoms with Crippen molar-refractivity contribution in [1.29, 1.82) is 5.26 Å². The van der Waals surface area contributed by atoms with Gasteiger partial charge in [-0.2, -0.15) is 5.26 Å². The van der Waals surface area contributed by atoms with Crippen LogP contribution in [0.15, 0.2) is 60.0 Å². The molecule has 0 saturated carbocycles. The van der Waals surface area contributed by atoms with Gasteiger partial charge < -0.3 is 19.9 Å². The Labute approximate surface area is 174 Å². The van der Waals surface area contributed by atoms with Crippen LogP contribution in [0, 0.1) is 11.3 Å². The maximum Gasteiger partial charge on any atom is 0.244 e. The van der Waals surface area contributed by atoms with Gasteiger partial charge in [0.05, 0.1) is 30.9 Å². The predicted octanol–water partition coefficient (Wildman–Crippen LogP) is 4.09. The van der Waals surface area contributed by atoms with Gasteiger partial charge in [0.15, 0.2) is 0 Å². The number of nitriles is 1. The van der Waals surface area contributed by atoms with Crippen LogP contribution >= 0.6 is 0 Å². The molecule has 0 unspecified atom stereocenters. The van der Waals surface area contributed by atoms with Crippen molar-refractivity contribution >= 4 is 0 Å². The van der Waals surface area contributed by atoms with Crippen LogP contribution in [-0.4, -0.2) is 23.9 Å². The van der Waals surface area contributed by atoms with E-state index < -0.39 is 5.92 Å². The number of H-pyrrole nitrogens is 1. The first kappa shape index (κ1) is 19.4. The number of allylic oxidation sites excluding steroid dienone is 1. The summed E-state index contributed by atoms with van der Waals surface area (Å²) in [7, 11) is 1.61. The van der Waals surface area contributed by atoms with E-state index in [0.29, 0.717) is 23.8 Å². The van der Waals surface area contributed by atoms with Gasteiger partial charge in [0.25, 0.3) is 0 Å². The number of nitrogens with zero attached hydrogens (tertiary/aromatic N) is 2. The molecule has 4 rings (SSSR count). The molecule has 0 radical (unpaired) electrons. The Morgan fingerprint density at radius 2 is 2.00 bits per heavy atom. The van der Waals surface area contributed by atoms with Gasteiger partial charge >= 0.3 is 0 Å². The summed E-state index contributed by atoms with van der Waals surface area (Å²) in [6.07, 6.45) is 0.945. The maximum absolute atomic E-state index is 9.82. The van der Waals surface area contributed by atoms with Gasteiger partial charge in [-0.05, 0) is 48.4 Å². The molecular formula is C23H22N4O3. The molecule has 0 bridgehead atoms. The highest BCUT2D eigenvalue weighted by Crippen LogP contribution is 2.46. The highest BCUT2D eigenvalue weighted by molar-refractivity contribution is 5.71. The largest absolute Gasteiger partial charge is 0.497 e. The molecule has 1 aliphatic rings. The highest BCUT2D eigenvalue weighted by atomic mass is 16.5. The third-order valence-electron chi connectivity index (χ3n) is 4.98. The Morgan fingerprint density at radius 1 is 1.20 bits per heavy atom. The van der Waals surface area contributed by atoms with Crippen LogP contribution in [0.1, 0.15) is 30.4 Å². The smallest absolute Gasteiger partial charge is 0.244 e. The standard InChI is InChI=1S/C23H22N4O3/c1-3-11-29-16-9-7-14(8-10-16)21-20-19(15-5-4-6-17(12-15)28-2)18(13-24)22(25)30-23(20)27-26-21/h4-10,12,19H,3,11,25H2,1-2H3,(H,26,27)/t19-/m0/s1. The van der Waals surface area contributed by atoms with E-state index in [9.17, 15) is 5.26 Å². The molecule has 0 spiro atoms. The molecule has 0 amide bonds. The minimum atomic E-state index is -0.432. The Balaban J connectivity index is 1.82. The summed E-state index contributed by atoms with van der Waals surface area (Å²) >= 11 is 0. The molecule has 7 heteroatoms. The van der Waals surface area contributed by atoms with E-state index in [1.165, 1.54) is 0 Å². The second-order valence-corrected chi connectivity index (χ2v) is 6.89. The van der Waals surface area contributed by atoms with Gasteiger partial charge in [0.1, 0.15) is 23.1 Å². The average molecular weight is 402 g/mol. The highest BCUT2D eigenvalue weighted by Gasteiger charge is 2.35. The zero-order valence-electron chi connectivity index (χ0n) is 16.8. The van der Waals surface area contributed by atoms with E-state index >= 15 is 0 Å². The van der Waals surface area contributed by atoms with Crippen LogP contribution < -0.4 is 19.9 Å². The number of aromatic amines is 1. The average Bonchev–Trinajstić information content (AvgIpc) is 3.20. The summed E-state index contributed by atoms with van der Waals surface area (Å²) in [6, 6.07) is 17.5. The minimum absolute atomic E-state index is 0.0548. The quantitative estimate of drug-likeness (QED) is 0.643. The van der Waals surface area contributed by atoms with E-state index in [4.69, 9.17) is 19.9 Å². The Hall–Kier alpha value is -3.92. The lowest BCUT2D eigenvalue weighted by Crippen LogP contribution is -2.21. The Morgan fingerprint density at radius 3 is 2.70 bits per heavy atom. The molecule has 30 heavy (non-hydrogen) atoms. The third-order valence-corrected chi connectivity index (χ3v) is 4.98. The molecular weight excluding hydrogens is 380 g/mol. The molecule has 7 nitrogen and oxygen atoms in total. The molecule has 2 aromatic carbocycles. The molecule has 152 valence electrons. The minimum Gasteiger partial charge on any atom is -0.497 e. The Bertz CT molecular complexity index is 1130. The van der Waals surface area contributed by atoms with Crippen LogP contribution in [0.5, 0.6) is 17.4 Å². The maximum atomic E-state index is 9.82. The van der Waals surface area contributed by atoms with Crippen LogP contribution in [0.4, 0.5) is 0 Å². The molecule has 0 fully saturated rings. The number of benzene rings is 2. The molecule has 3 aromatic rings. The number of rotatable bonds is 6. The number of aromatic nitrogens is 2. The van der Waals surface area contributed by atoms with Crippen molar-refractivity contribution in [1.82, 2.24) is 10.2 Å². The van der Waals surface area contributed by atoms with Crippen molar-refractivity contribution in [2.45, 2.75) is 19.3 Å². The van der Waals surface area contributed by atoms with Gasteiger partial charge in [0.2, 0.25) is 11.8 Å². The van der Waals surface area contributed by atoms with Crippen molar-refractivity contribution in [3.05, 3.63) is 71.1 Å². The summed E-state index contributed by atoms with van der Waals surface area (Å²) in [5.41, 5.74) is 9.68. The van der Waals surface area contributed by atoms with E-state index in [1.807, 2.05) is 48.5 Å². The summed E-state index contributed by atoms with van der Waals surface area (Å²) in [4.78, 5) is 0. The Kier molecular flexibility index (Phi) is 5.31. The van der Waals surface area contributed by atoms with Gasteiger partial charge in [0, 0.05) is 5.56 Å². The van der Waals surface area contributed by atoms with Crippen LogP contribution in [-0.2, 0) is 0 Å². The number of hydrogen-bond donors (Lipinski definition) is 2. The number of nitrogens with one attached hydrogen (secondary N) is 1. The summed E-state index contributed by atoms with van der Waals surface area (Å²) in [5, 5.41) is 17.2. The van der Waals surface area contributed by atoms with Crippen LogP contribution in [0.3, 0.4) is 0 Å². The zero-order chi connectivity index (χ0) is 21.1. The third kappa shape index (κ3) is 3.44. The van der Waals surface area contributed by atoms with E-state index in [1.54, 1.807) is 7.11 Å². The number of nitrogens with two attached hydrogens (primary N) is 1. The fourth-order valence-corrected chi connectivity index (χ4v) is 3.56. The van der Waals surface area contributed by atoms with Crippen LogP contribution in [0.2, 0.25) is 0 Å². The SMILES string of the molecule is CCCOc1ccc(-c2[nH]nc3c2[C@@H](c2cccc(OC)c2)C(C#N)=C(N)O3)cc1. The molecule has 3 N–H and O–H groups in total. The summed E-state index contributed by atoms with van der Waals surface area (Å²) in [5.74, 6) is 1.48. The lowest BCUT2D eigenvalue weighted by atomic mass is 9.83. The number of hydrogen-bond acceptors (Lipinski definition) is 6.